The molecule has 16 heavy (non-hydrogen) atoms. The average Bonchev–Trinajstić information content (AvgIpc) is 2.66. The number of likely N-dealkylation sites (tertiary alicyclic amines) is 1. The first-order valence-corrected chi connectivity index (χ1v) is 7.32. The van der Waals surface area contributed by atoms with E-state index in [1.165, 1.54) is 57.9 Å². The van der Waals surface area contributed by atoms with Gasteiger partial charge in [0.15, 0.2) is 0 Å². The maximum absolute atomic E-state index is 5.99. The second kappa shape index (κ2) is 6.02. The minimum atomic E-state index is 0.773. The van der Waals surface area contributed by atoms with E-state index in [2.05, 4.69) is 11.8 Å². The first-order valence-electron chi connectivity index (χ1n) is 7.32. The van der Waals surface area contributed by atoms with Gasteiger partial charge in [-0.1, -0.05) is 26.2 Å². The van der Waals surface area contributed by atoms with Gasteiger partial charge in [0.05, 0.1) is 0 Å². The molecule has 0 aromatic rings. The molecule has 0 spiro atoms. The van der Waals surface area contributed by atoms with Crippen LogP contribution in [0.2, 0.25) is 0 Å². The molecule has 0 aromatic carbocycles. The Hall–Kier alpha value is -0.0800. The van der Waals surface area contributed by atoms with Crippen LogP contribution in [-0.4, -0.2) is 30.1 Å². The Labute approximate surface area is 101 Å². The van der Waals surface area contributed by atoms with Crippen molar-refractivity contribution in [2.45, 2.75) is 70.4 Å². The summed E-state index contributed by atoms with van der Waals surface area (Å²) in [6.45, 7) is 4.58. The molecule has 0 radical (unpaired) electrons. The van der Waals surface area contributed by atoms with Gasteiger partial charge in [0.1, 0.15) is 0 Å². The van der Waals surface area contributed by atoms with Gasteiger partial charge in [0, 0.05) is 12.1 Å². The minimum Gasteiger partial charge on any atom is -0.330 e. The lowest BCUT2D eigenvalue weighted by atomic mass is 9.92. The Morgan fingerprint density at radius 2 is 1.88 bits per heavy atom. The Kier molecular flexibility index (Phi) is 4.66. The summed E-state index contributed by atoms with van der Waals surface area (Å²) in [6, 6.07) is 1.66. The zero-order valence-corrected chi connectivity index (χ0v) is 10.8. The molecule has 2 N–H and O–H groups in total. The topological polar surface area (TPSA) is 29.3 Å². The molecule has 1 saturated carbocycles. The smallest absolute Gasteiger partial charge is 0.0138 e. The average molecular weight is 224 g/mol. The van der Waals surface area contributed by atoms with E-state index in [-0.39, 0.29) is 0 Å². The SMILES string of the molecule is CCC1CCCN1C1CCCCCC1CN. The van der Waals surface area contributed by atoms with Crippen molar-refractivity contribution in [2.24, 2.45) is 11.7 Å². The first-order chi connectivity index (χ1) is 7.86. The quantitative estimate of drug-likeness (QED) is 0.747. The lowest BCUT2D eigenvalue weighted by Gasteiger charge is -2.36. The summed E-state index contributed by atoms with van der Waals surface area (Å²) in [5, 5.41) is 0. The van der Waals surface area contributed by atoms with Crippen molar-refractivity contribution < 1.29 is 0 Å². The van der Waals surface area contributed by atoms with Gasteiger partial charge in [-0.2, -0.15) is 0 Å². The zero-order chi connectivity index (χ0) is 11.4. The first kappa shape index (κ1) is 12.4. The monoisotopic (exact) mass is 224 g/mol. The third kappa shape index (κ3) is 2.60. The number of hydrogen-bond donors (Lipinski definition) is 1. The van der Waals surface area contributed by atoms with Crippen molar-refractivity contribution >= 4 is 0 Å². The standard InChI is InChI=1S/C14H28N2/c1-2-13-8-6-10-16(13)14-9-5-3-4-7-12(14)11-15/h12-14H,2-11,15H2,1H3. The maximum atomic E-state index is 5.99. The van der Waals surface area contributed by atoms with Gasteiger partial charge in [-0.05, 0) is 51.1 Å². The van der Waals surface area contributed by atoms with Crippen molar-refractivity contribution in [1.29, 1.82) is 0 Å². The van der Waals surface area contributed by atoms with Crippen molar-refractivity contribution in [2.75, 3.05) is 13.1 Å². The molecule has 2 nitrogen and oxygen atoms in total. The third-order valence-electron chi connectivity index (χ3n) is 4.74. The summed E-state index contributed by atoms with van der Waals surface area (Å²) in [5.41, 5.74) is 5.99. The normalized spacial score (nSPS) is 37.5. The lowest BCUT2D eigenvalue weighted by Crippen LogP contribution is -2.45. The number of nitrogens with zero attached hydrogens (tertiary/aromatic N) is 1. The highest BCUT2D eigenvalue weighted by atomic mass is 15.2. The summed E-state index contributed by atoms with van der Waals surface area (Å²) in [5.74, 6) is 0.773. The molecule has 3 unspecified atom stereocenters. The van der Waals surface area contributed by atoms with E-state index in [1.807, 2.05) is 0 Å². The molecule has 2 fully saturated rings. The van der Waals surface area contributed by atoms with Crippen LogP contribution < -0.4 is 5.73 Å². The molecule has 0 aromatic heterocycles. The number of nitrogens with two attached hydrogens (primary N) is 1. The van der Waals surface area contributed by atoms with E-state index in [0.29, 0.717) is 0 Å². The predicted octanol–water partition coefficient (Wildman–Crippen LogP) is 2.77. The summed E-state index contributed by atoms with van der Waals surface area (Å²) in [4.78, 5) is 2.81. The number of rotatable bonds is 3. The second-order valence-electron chi connectivity index (χ2n) is 5.64. The molecular formula is C14H28N2. The Balaban J connectivity index is 2.03. The predicted molar refractivity (Wildman–Crippen MR) is 69.4 cm³/mol. The van der Waals surface area contributed by atoms with Crippen molar-refractivity contribution in [3.63, 3.8) is 0 Å². The van der Waals surface area contributed by atoms with Crippen LogP contribution >= 0.6 is 0 Å². The summed E-state index contributed by atoms with van der Waals surface area (Å²) >= 11 is 0. The van der Waals surface area contributed by atoms with Gasteiger partial charge in [-0.25, -0.2) is 0 Å². The molecule has 1 saturated heterocycles. The molecule has 1 heterocycles. The van der Waals surface area contributed by atoms with Crippen LogP contribution in [0.15, 0.2) is 0 Å². The Morgan fingerprint density at radius 1 is 1.06 bits per heavy atom. The van der Waals surface area contributed by atoms with Crippen molar-refractivity contribution in [3.8, 4) is 0 Å². The van der Waals surface area contributed by atoms with E-state index in [9.17, 15) is 0 Å². The van der Waals surface area contributed by atoms with Gasteiger partial charge < -0.3 is 5.73 Å². The van der Waals surface area contributed by atoms with Crippen LogP contribution in [0.5, 0.6) is 0 Å². The van der Waals surface area contributed by atoms with E-state index >= 15 is 0 Å². The lowest BCUT2D eigenvalue weighted by molar-refractivity contribution is 0.119. The summed E-state index contributed by atoms with van der Waals surface area (Å²) in [7, 11) is 0. The molecular weight excluding hydrogens is 196 g/mol. The fourth-order valence-electron chi connectivity index (χ4n) is 3.81. The maximum Gasteiger partial charge on any atom is 0.0138 e. The summed E-state index contributed by atoms with van der Waals surface area (Å²) < 4.78 is 0. The van der Waals surface area contributed by atoms with Crippen LogP contribution in [0.1, 0.15) is 58.3 Å². The fourth-order valence-corrected chi connectivity index (χ4v) is 3.81. The highest BCUT2D eigenvalue weighted by Crippen LogP contribution is 2.32. The van der Waals surface area contributed by atoms with Crippen LogP contribution in [0.25, 0.3) is 0 Å². The van der Waals surface area contributed by atoms with E-state index in [4.69, 9.17) is 5.73 Å². The Bertz CT molecular complexity index is 205. The van der Waals surface area contributed by atoms with Gasteiger partial charge >= 0.3 is 0 Å². The molecule has 2 rings (SSSR count). The fraction of sp³-hybridized carbons (Fsp3) is 1.00. The summed E-state index contributed by atoms with van der Waals surface area (Å²) in [6.07, 6.45) is 11.2. The van der Waals surface area contributed by atoms with Crippen LogP contribution in [0.3, 0.4) is 0 Å². The molecule has 1 aliphatic heterocycles. The zero-order valence-electron chi connectivity index (χ0n) is 10.8. The van der Waals surface area contributed by atoms with Gasteiger partial charge in [-0.15, -0.1) is 0 Å². The van der Waals surface area contributed by atoms with Crippen molar-refractivity contribution in [3.05, 3.63) is 0 Å². The minimum absolute atomic E-state index is 0.773. The van der Waals surface area contributed by atoms with Crippen molar-refractivity contribution in [1.82, 2.24) is 4.90 Å². The number of hydrogen-bond acceptors (Lipinski definition) is 2. The van der Waals surface area contributed by atoms with Crippen LogP contribution in [0, 0.1) is 5.92 Å². The molecule has 0 amide bonds. The molecule has 2 heteroatoms. The largest absolute Gasteiger partial charge is 0.330 e. The second-order valence-corrected chi connectivity index (χ2v) is 5.64. The molecule has 1 aliphatic carbocycles. The molecule has 0 bridgehead atoms. The molecule has 3 atom stereocenters. The van der Waals surface area contributed by atoms with Crippen LogP contribution in [0.4, 0.5) is 0 Å². The van der Waals surface area contributed by atoms with Gasteiger partial charge in [0.2, 0.25) is 0 Å². The van der Waals surface area contributed by atoms with E-state index < -0.39 is 0 Å². The highest BCUT2D eigenvalue weighted by molar-refractivity contribution is 4.89. The van der Waals surface area contributed by atoms with E-state index in [1.54, 1.807) is 0 Å². The highest BCUT2D eigenvalue weighted by Gasteiger charge is 2.34. The van der Waals surface area contributed by atoms with Gasteiger partial charge in [-0.3, -0.25) is 4.90 Å². The van der Waals surface area contributed by atoms with E-state index in [0.717, 1.165) is 24.5 Å². The molecule has 94 valence electrons. The molecule has 2 aliphatic rings. The van der Waals surface area contributed by atoms with Crippen LogP contribution in [-0.2, 0) is 0 Å². The van der Waals surface area contributed by atoms with Gasteiger partial charge in [0.25, 0.3) is 0 Å². The third-order valence-corrected chi connectivity index (χ3v) is 4.74. The Morgan fingerprint density at radius 3 is 2.62 bits per heavy atom.